The molecular weight excluding hydrogens is 238 g/mol. The lowest BCUT2D eigenvalue weighted by Gasteiger charge is -2.29. The molecule has 2 aliphatic heterocycles. The number of phenolic OH excluding ortho intramolecular Hbond substituents is 1. The molecule has 3 heterocycles. The van der Waals surface area contributed by atoms with E-state index in [1.165, 1.54) is 30.7 Å². The summed E-state index contributed by atoms with van der Waals surface area (Å²) in [5.41, 5.74) is 2.30. The molecule has 98 valence electrons. The molecule has 1 N–H and O–H groups in total. The first-order valence-electron chi connectivity index (χ1n) is 7.28. The average Bonchev–Trinajstić information content (AvgIpc) is 3.05. The van der Waals surface area contributed by atoms with Crippen LogP contribution < -0.4 is 0 Å². The summed E-state index contributed by atoms with van der Waals surface area (Å²) in [4.78, 5) is 2.66. The maximum Gasteiger partial charge on any atom is 0.134 e. The first-order valence-corrected chi connectivity index (χ1v) is 7.28. The molecule has 19 heavy (non-hydrogen) atoms. The van der Waals surface area contributed by atoms with E-state index in [2.05, 4.69) is 4.90 Å². The van der Waals surface area contributed by atoms with Crippen LogP contribution in [-0.4, -0.2) is 29.1 Å². The minimum Gasteiger partial charge on any atom is -0.508 e. The Hall–Kier alpha value is -1.48. The molecule has 1 aliphatic carbocycles. The Kier molecular flexibility index (Phi) is 1.81. The minimum atomic E-state index is 0.341. The van der Waals surface area contributed by atoms with Gasteiger partial charge in [0.2, 0.25) is 0 Å². The molecule has 0 spiro atoms. The van der Waals surface area contributed by atoms with Crippen LogP contribution in [0.5, 0.6) is 5.75 Å². The Balaban J connectivity index is 1.75. The monoisotopic (exact) mass is 255 g/mol. The summed E-state index contributed by atoms with van der Waals surface area (Å²) in [7, 11) is 0. The Morgan fingerprint density at radius 1 is 1.26 bits per heavy atom. The summed E-state index contributed by atoms with van der Waals surface area (Å²) in [6.45, 7) is 2.43. The van der Waals surface area contributed by atoms with Crippen LogP contribution >= 0.6 is 0 Å². The fraction of sp³-hybridized carbons (Fsp3) is 0.500. The van der Waals surface area contributed by atoms with Crippen molar-refractivity contribution in [2.45, 2.75) is 31.2 Å². The van der Waals surface area contributed by atoms with Gasteiger partial charge in [-0.2, -0.15) is 0 Å². The van der Waals surface area contributed by atoms with Gasteiger partial charge in [-0.1, -0.05) is 0 Å². The average molecular weight is 255 g/mol. The van der Waals surface area contributed by atoms with Crippen LogP contribution in [0.3, 0.4) is 0 Å². The Bertz CT molecular complexity index is 675. The first kappa shape index (κ1) is 10.3. The van der Waals surface area contributed by atoms with Crippen molar-refractivity contribution in [2.24, 2.45) is 5.92 Å². The molecule has 5 rings (SSSR count). The molecule has 3 heteroatoms. The lowest BCUT2D eigenvalue weighted by molar-refractivity contribution is 0.194. The molecule has 3 nitrogen and oxygen atoms in total. The Labute approximate surface area is 111 Å². The number of fused-ring (bicyclic) bond motifs is 5. The highest BCUT2D eigenvalue weighted by Crippen LogP contribution is 2.51. The van der Waals surface area contributed by atoms with Gasteiger partial charge in [-0.05, 0) is 43.4 Å². The van der Waals surface area contributed by atoms with E-state index < -0.39 is 0 Å². The second-order valence-corrected chi connectivity index (χ2v) is 6.38. The molecule has 3 aliphatic rings. The summed E-state index contributed by atoms with van der Waals surface area (Å²) in [5, 5.41) is 10.8. The van der Waals surface area contributed by atoms with E-state index in [0.717, 1.165) is 29.9 Å². The molecule has 1 aromatic heterocycles. The Morgan fingerprint density at radius 2 is 2.21 bits per heavy atom. The third kappa shape index (κ3) is 1.26. The molecule has 2 aromatic rings. The summed E-state index contributed by atoms with van der Waals surface area (Å²) in [6, 6.07) is 6.20. The summed E-state index contributed by atoms with van der Waals surface area (Å²) in [5.74, 6) is 3.02. The Morgan fingerprint density at radius 3 is 3.11 bits per heavy atom. The zero-order valence-electron chi connectivity index (χ0n) is 10.8. The predicted molar refractivity (Wildman–Crippen MR) is 72.4 cm³/mol. The minimum absolute atomic E-state index is 0.341. The number of furan rings is 1. The van der Waals surface area contributed by atoms with E-state index >= 15 is 0 Å². The van der Waals surface area contributed by atoms with E-state index in [1.54, 1.807) is 6.07 Å². The van der Waals surface area contributed by atoms with Gasteiger partial charge in [-0.3, -0.25) is 4.90 Å². The maximum atomic E-state index is 9.72. The molecule has 1 saturated carbocycles. The summed E-state index contributed by atoms with van der Waals surface area (Å²) < 4.78 is 6.17. The summed E-state index contributed by atoms with van der Waals surface area (Å²) >= 11 is 0. The molecule has 2 bridgehead atoms. The van der Waals surface area contributed by atoms with E-state index in [0.29, 0.717) is 17.7 Å². The van der Waals surface area contributed by atoms with Gasteiger partial charge in [-0.15, -0.1) is 0 Å². The highest BCUT2D eigenvalue weighted by atomic mass is 16.3. The van der Waals surface area contributed by atoms with Crippen molar-refractivity contribution in [1.29, 1.82) is 0 Å². The van der Waals surface area contributed by atoms with Crippen molar-refractivity contribution >= 4 is 11.0 Å². The van der Waals surface area contributed by atoms with Crippen LogP contribution in [0.15, 0.2) is 22.6 Å². The van der Waals surface area contributed by atoms with Crippen molar-refractivity contribution in [2.75, 3.05) is 13.1 Å². The van der Waals surface area contributed by atoms with Crippen molar-refractivity contribution in [1.82, 2.24) is 4.90 Å². The molecule has 2 fully saturated rings. The van der Waals surface area contributed by atoms with Crippen molar-refractivity contribution in [3.63, 3.8) is 0 Å². The SMILES string of the molecule is Oc1ccc2oc3c(c2c1)CCN1C[C@H]2C[C@@H]3[C@@H]1C2. The molecular formula is C16H17NO2. The van der Waals surface area contributed by atoms with Gasteiger partial charge in [-0.25, -0.2) is 0 Å². The second kappa shape index (κ2) is 3.34. The smallest absolute Gasteiger partial charge is 0.134 e. The van der Waals surface area contributed by atoms with E-state index in [9.17, 15) is 5.11 Å². The van der Waals surface area contributed by atoms with Crippen LogP contribution in [0, 0.1) is 5.92 Å². The second-order valence-electron chi connectivity index (χ2n) is 6.38. The number of hydrogen-bond donors (Lipinski definition) is 1. The molecule has 1 saturated heterocycles. The van der Waals surface area contributed by atoms with Gasteiger partial charge in [0, 0.05) is 36.0 Å². The van der Waals surface area contributed by atoms with Gasteiger partial charge in [0.25, 0.3) is 0 Å². The largest absolute Gasteiger partial charge is 0.508 e. The van der Waals surface area contributed by atoms with E-state index in [1.807, 2.05) is 12.1 Å². The van der Waals surface area contributed by atoms with Crippen molar-refractivity contribution in [3.05, 3.63) is 29.5 Å². The van der Waals surface area contributed by atoms with Crippen LogP contribution in [0.1, 0.15) is 30.1 Å². The van der Waals surface area contributed by atoms with Crippen LogP contribution in [0.2, 0.25) is 0 Å². The fourth-order valence-corrected chi connectivity index (χ4v) is 4.65. The third-order valence-electron chi connectivity index (χ3n) is 5.38. The molecule has 0 amide bonds. The number of piperidine rings is 1. The van der Waals surface area contributed by atoms with Gasteiger partial charge in [0.15, 0.2) is 0 Å². The number of benzene rings is 1. The normalized spacial score (nSPS) is 32.7. The predicted octanol–water partition coefficient (Wildman–Crippen LogP) is 2.87. The quantitative estimate of drug-likeness (QED) is 0.786. The standard InChI is InChI=1S/C16H17NO2/c18-10-1-2-15-12(7-10)11-3-4-17-8-9-5-13(14(17)6-9)16(11)19-15/h1-2,7,9,13-14,18H,3-6,8H2/t9-,13+,14-/m0/s1. The lowest BCUT2D eigenvalue weighted by atomic mass is 9.94. The maximum absolute atomic E-state index is 9.72. The number of phenols is 1. The number of hydrogen-bond acceptors (Lipinski definition) is 3. The number of rotatable bonds is 0. The zero-order valence-corrected chi connectivity index (χ0v) is 10.8. The molecule has 0 unspecified atom stereocenters. The van der Waals surface area contributed by atoms with Crippen LogP contribution in [0.25, 0.3) is 11.0 Å². The van der Waals surface area contributed by atoms with Crippen molar-refractivity contribution < 1.29 is 9.52 Å². The molecule has 3 atom stereocenters. The highest BCUT2D eigenvalue weighted by Gasteiger charge is 2.48. The summed E-state index contributed by atoms with van der Waals surface area (Å²) in [6.07, 6.45) is 3.71. The molecule has 0 radical (unpaired) electrons. The number of nitrogens with zero attached hydrogens (tertiary/aromatic N) is 1. The van der Waals surface area contributed by atoms with Gasteiger partial charge < -0.3 is 9.52 Å². The van der Waals surface area contributed by atoms with E-state index in [-0.39, 0.29) is 0 Å². The van der Waals surface area contributed by atoms with Crippen LogP contribution in [0.4, 0.5) is 0 Å². The third-order valence-corrected chi connectivity index (χ3v) is 5.38. The van der Waals surface area contributed by atoms with Gasteiger partial charge in [0.05, 0.1) is 0 Å². The van der Waals surface area contributed by atoms with Gasteiger partial charge >= 0.3 is 0 Å². The molecule has 1 aromatic carbocycles. The first-order chi connectivity index (χ1) is 9.29. The lowest BCUT2D eigenvalue weighted by Crippen LogP contribution is -2.36. The highest BCUT2D eigenvalue weighted by molar-refractivity contribution is 5.84. The fourth-order valence-electron chi connectivity index (χ4n) is 4.65. The zero-order chi connectivity index (χ0) is 12.6. The van der Waals surface area contributed by atoms with Crippen molar-refractivity contribution in [3.8, 4) is 5.75 Å². The number of aromatic hydroxyl groups is 1. The van der Waals surface area contributed by atoms with Crippen LogP contribution in [-0.2, 0) is 6.42 Å². The topological polar surface area (TPSA) is 36.6 Å². The van der Waals surface area contributed by atoms with Gasteiger partial charge in [0.1, 0.15) is 17.1 Å². The van der Waals surface area contributed by atoms with E-state index in [4.69, 9.17) is 4.42 Å².